The molecule has 2 rings (SSSR count). The first-order valence-corrected chi connectivity index (χ1v) is 5.09. The Balaban J connectivity index is 0.00000162. The summed E-state index contributed by atoms with van der Waals surface area (Å²) in [4.78, 5) is 3.71. The van der Waals surface area contributed by atoms with Crippen molar-refractivity contribution >= 4 is 27.9 Å². The quantitative estimate of drug-likeness (QED) is 0.659. The summed E-state index contributed by atoms with van der Waals surface area (Å²) in [5, 5.41) is 1.01. The first-order chi connectivity index (χ1) is 7.89. The third-order valence-corrected chi connectivity index (χ3v) is 2.53. The minimum Gasteiger partial charge on any atom is -0.235 e. The van der Waals surface area contributed by atoms with Crippen LogP contribution >= 0.6 is 11.6 Å². The van der Waals surface area contributed by atoms with Crippen molar-refractivity contribution in [3.05, 3.63) is 47.8 Å². The zero-order chi connectivity index (χ0) is 12.6. The SMILES string of the molecule is C.C=C(c1nc(Cl)cc2ccccc12)C(F)(F)F. The number of allylic oxidation sites excluding steroid dienone is 1. The van der Waals surface area contributed by atoms with Gasteiger partial charge in [-0.25, -0.2) is 4.98 Å². The van der Waals surface area contributed by atoms with E-state index < -0.39 is 11.7 Å². The molecule has 1 aromatic carbocycles. The van der Waals surface area contributed by atoms with Crippen LogP contribution in [-0.2, 0) is 0 Å². The normalized spacial score (nSPS) is 11.1. The van der Waals surface area contributed by atoms with Gasteiger partial charge in [0.1, 0.15) is 5.15 Å². The van der Waals surface area contributed by atoms with E-state index in [1.54, 1.807) is 24.3 Å². The van der Waals surface area contributed by atoms with Crippen LogP contribution in [-0.4, -0.2) is 11.2 Å². The lowest BCUT2D eigenvalue weighted by atomic mass is 10.1. The molecule has 0 atom stereocenters. The van der Waals surface area contributed by atoms with Crippen molar-refractivity contribution in [3.63, 3.8) is 0 Å². The lowest BCUT2D eigenvalue weighted by Gasteiger charge is -2.12. The number of nitrogens with zero attached hydrogens (tertiary/aromatic N) is 1. The van der Waals surface area contributed by atoms with Crippen LogP contribution in [0.2, 0.25) is 5.15 Å². The first kappa shape index (κ1) is 14.5. The summed E-state index contributed by atoms with van der Waals surface area (Å²) in [6.45, 7) is 3.04. The summed E-state index contributed by atoms with van der Waals surface area (Å²) in [6.07, 6.45) is -4.51. The molecule has 0 spiro atoms. The van der Waals surface area contributed by atoms with E-state index in [9.17, 15) is 13.2 Å². The third kappa shape index (κ3) is 2.64. The Morgan fingerprint density at radius 1 is 1.22 bits per heavy atom. The minimum absolute atomic E-state index is 0. The molecule has 18 heavy (non-hydrogen) atoms. The zero-order valence-electron chi connectivity index (χ0n) is 8.55. The number of pyridine rings is 1. The summed E-state index contributed by atoms with van der Waals surface area (Å²) in [6, 6.07) is 8.12. The van der Waals surface area contributed by atoms with E-state index in [-0.39, 0.29) is 18.3 Å². The molecular formula is C13H11ClF3N. The molecule has 1 nitrogen and oxygen atoms in total. The third-order valence-electron chi connectivity index (χ3n) is 2.34. The number of benzene rings is 1. The second kappa shape index (κ2) is 4.98. The molecule has 0 saturated heterocycles. The average molecular weight is 274 g/mol. The highest BCUT2D eigenvalue weighted by molar-refractivity contribution is 6.30. The van der Waals surface area contributed by atoms with E-state index in [4.69, 9.17) is 11.6 Å². The largest absolute Gasteiger partial charge is 0.417 e. The fraction of sp³-hybridized carbons (Fsp3) is 0.154. The van der Waals surface area contributed by atoms with Gasteiger partial charge < -0.3 is 0 Å². The molecule has 0 N–H and O–H groups in total. The van der Waals surface area contributed by atoms with Gasteiger partial charge in [0.2, 0.25) is 0 Å². The standard InChI is InChI=1S/C12H7ClF3N.CH4/c1-7(12(14,15)16)11-9-5-3-2-4-8(9)6-10(13)17-11;/h2-6H,1H2;1H4. The second-order valence-corrected chi connectivity index (χ2v) is 3.88. The van der Waals surface area contributed by atoms with Crippen molar-refractivity contribution in [2.24, 2.45) is 0 Å². The van der Waals surface area contributed by atoms with Gasteiger partial charge in [0, 0.05) is 5.39 Å². The number of halogens is 4. The van der Waals surface area contributed by atoms with Crippen molar-refractivity contribution in [3.8, 4) is 0 Å². The number of aromatic nitrogens is 1. The number of hydrogen-bond acceptors (Lipinski definition) is 1. The highest BCUT2D eigenvalue weighted by Crippen LogP contribution is 2.35. The molecule has 0 aliphatic heterocycles. The number of fused-ring (bicyclic) bond motifs is 1. The Kier molecular flexibility index (Phi) is 4.02. The Morgan fingerprint density at radius 3 is 2.44 bits per heavy atom. The van der Waals surface area contributed by atoms with Crippen LogP contribution in [0, 0.1) is 0 Å². The Morgan fingerprint density at radius 2 is 1.83 bits per heavy atom. The van der Waals surface area contributed by atoms with Gasteiger partial charge >= 0.3 is 6.18 Å². The molecule has 0 bridgehead atoms. The minimum atomic E-state index is -4.51. The van der Waals surface area contributed by atoms with Crippen molar-refractivity contribution in [1.82, 2.24) is 4.98 Å². The lowest BCUT2D eigenvalue weighted by Crippen LogP contribution is -2.11. The van der Waals surface area contributed by atoms with Crippen LogP contribution in [0.1, 0.15) is 13.1 Å². The van der Waals surface area contributed by atoms with Crippen LogP contribution in [0.5, 0.6) is 0 Å². The molecule has 0 fully saturated rings. The van der Waals surface area contributed by atoms with E-state index in [1.807, 2.05) is 0 Å². The fourth-order valence-electron chi connectivity index (χ4n) is 1.53. The first-order valence-electron chi connectivity index (χ1n) is 4.71. The molecule has 0 radical (unpaired) electrons. The van der Waals surface area contributed by atoms with Gasteiger partial charge in [0.25, 0.3) is 0 Å². The molecular weight excluding hydrogens is 263 g/mol. The molecule has 0 aliphatic carbocycles. The van der Waals surface area contributed by atoms with Gasteiger partial charge in [-0.1, -0.05) is 49.9 Å². The summed E-state index contributed by atoms with van der Waals surface area (Å²) < 4.78 is 37.8. The van der Waals surface area contributed by atoms with Crippen LogP contribution in [0.4, 0.5) is 13.2 Å². The summed E-state index contributed by atoms with van der Waals surface area (Å²) >= 11 is 5.70. The number of rotatable bonds is 1. The smallest absolute Gasteiger partial charge is 0.235 e. The van der Waals surface area contributed by atoms with E-state index in [0.717, 1.165) is 0 Å². The van der Waals surface area contributed by atoms with E-state index in [0.29, 0.717) is 10.8 Å². The Bertz CT molecular complexity index is 590. The van der Waals surface area contributed by atoms with Gasteiger partial charge in [-0.05, 0) is 11.5 Å². The molecule has 0 unspecified atom stereocenters. The Hall–Kier alpha value is -1.55. The van der Waals surface area contributed by atoms with Crippen molar-refractivity contribution in [2.75, 3.05) is 0 Å². The maximum absolute atomic E-state index is 12.6. The molecule has 2 aromatic rings. The molecule has 1 heterocycles. The maximum atomic E-state index is 12.6. The van der Waals surface area contributed by atoms with Gasteiger partial charge in [-0.3, -0.25) is 0 Å². The summed E-state index contributed by atoms with van der Waals surface area (Å²) in [5.74, 6) is 0. The van der Waals surface area contributed by atoms with E-state index in [1.165, 1.54) is 6.07 Å². The van der Waals surface area contributed by atoms with Gasteiger partial charge in [-0.15, -0.1) is 0 Å². The lowest BCUT2D eigenvalue weighted by molar-refractivity contribution is -0.0688. The molecule has 1 aromatic heterocycles. The molecule has 5 heteroatoms. The summed E-state index contributed by atoms with van der Waals surface area (Å²) in [5.41, 5.74) is -1.21. The molecule has 0 saturated carbocycles. The Labute approximate surface area is 108 Å². The van der Waals surface area contributed by atoms with E-state index >= 15 is 0 Å². The van der Waals surface area contributed by atoms with Gasteiger partial charge in [0.05, 0.1) is 11.3 Å². The van der Waals surface area contributed by atoms with E-state index in [2.05, 4.69) is 11.6 Å². The zero-order valence-corrected chi connectivity index (χ0v) is 9.31. The predicted octanol–water partition coefficient (Wildman–Crippen LogP) is 5.10. The topological polar surface area (TPSA) is 12.9 Å². The molecule has 0 amide bonds. The number of hydrogen-bond donors (Lipinski definition) is 0. The maximum Gasteiger partial charge on any atom is 0.417 e. The predicted molar refractivity (Wildman–Crippen MR) is 68.6 cm³/mol. The van der Waals surface area contributed by atoms with Crippen molar-refractivity contribution in [2.45, 2.75) is 13.6 Å². The second-order valence-electron chi connectivity index (χ2n) is 3.49. The highest BCUT2D eigenvalue weighted by atomic mass is 35.5. The average Bonchev–Trinajstić information content (AvgIpc) is 2.25. The molecule has 96 valence electrons. The summed E-state index contributed by atoms with van der Waals surface area (Å²) in [7, 11) is 0. The number of alkyl halides is 3. The van der Waals surface area contributed by atoms with Crippen LogP contribution < -0.4 is 0 Å². The van der Waals surface area contributed by atoms with Crippen molar-refractivity contribution < 1.29 is 13.2 Å². The van der Waals surface area contributed by atoms with Crippen LogP contribution in [0.25, 0.3) is 16.3 Å². The molecule has 0 aliphatic rings. The highest BCUT2D eigenvalue weighted by Gasteiger charge is 2.34. The van der Waals surface area contributed by atoms with Gasteiger partial charge in [0.15, 0.2) is 0 Å². The monoisotopic (exact) mass is 273 g/mol. The van der Waals surface area contributed by atoms with Crippen molar-refractivity contribution in [1.29, 1.82) is 0 Å². The fourth-order valence-corrected chi connectivity index (χ4v) is 1.73. The van der Waals surface area contributed by atoms with Crippen LogP contribution in [0.15, 0.2) is 36.9 Å². The van der Waals surface area contributed by atoms with Gasteiger partial charge in [-0.2, -0.15) is 13.2 Å². The van der Waals surface area contributed by atoms with Crippen LogP contribution in [0.3, 0.4) is 0 Å².